The molecule has 0 saturated heterocycles. The molecule has 0 radical (unpaired) electrons. The van der Waals surface area contributed by atoms with E-state index in [1.54, 1.807) is 19.2 Å². The Balaban J connectivity index is 1.89. The number of amides is 1. The van der Waals surface area contributed by atoms with E-state index >= 15 is 0 Å². The average Bonchev–Trinajstić information content (AvgIpc) is 2.96. The molecule has 0 aliphatic carbocycles. The maximum Gasteiger partial charge on any atom is 0.254 e. The van der Waals surface area contributed by atoms with Crippen molar-refractivity contribution < 1.29 is 14.3 Å². The molecular weight excluding hydrogens is 366 g/mol. The largest absolute Gasteiger partial charge is 0.493 e. The van der Waals surface area contributed by atoms with Crippen LogP contribution in [0.1, 0.15) is 44.4 Å². The maximum absolute atomic E-state index is 12.8. The Hall–Kier alpha value is -3.33. The molecule has 1 amide bonds. The summed E-state index contributed by atoms with van der Waals surface area (Å²) in [5, 5.41) is 15.1. The van der Waals surface area contributed by atoms with Crippen LogP contribution in [0.15, 0.2) is 47.6 Å². The number of benzene rings is 2. The van der Waals surface area contributed by atoms with Crippen LogP contribution in [0.4, 0.5) is 0 Å². The van der Waals surface area contributed by atoms with Crippen LogP contribution in [-0.2, 0) is 11.4 Å². The number of hydrogen-bond donors (Lipinski definition) is 0. The van der Waals surface area contributed by atoms with Crippen LogP contribution < -0.4 is 9.47 Å². The quantitative estimate of drug-likeness (QED) is 0.742. The zero-order chi connectivity index (χ0) is 21.2. The summed E-state index contributed by atoms with van der Waals surface area (Å²) >= 11 is 0. The van der Waals surface area contributed by atoms with Crippen molar-refractivity contribution in [3.05, 3.63) is 59.2 Å². The van der Waals surface area contributed by atoms with E-state index in [1.807, 2.05) is 58.0 Å². The fourth-order valence-electron chi connectivity index (χ4n) is 3.21. The van der Waals surface area contributed by atoms with Crippen molar-refractivity contribution in [2.45, 2.75) is 40.3 Å². The highest BCUT2D eigenvalue weighted by molar-refractivity contribution is 6.19. The fourth-order valence-corrected chi connectivity index (χ4v) is 3.21. The molecule has 6 nitrogen and oxygen atoms in total. The third kappa shape index (κ3) is 3.95. The predicted molar refractivity (Wildman–Crippen MR) is 111 cm³/mol. The second kappa shape index (κ2) is 7.96. The van der Waals surface area contributed by atoms with Crippen LogP contribution in [0.5, 0.6) is 11.5 Å². The Morgan fingerprint density at radius 3 is 2.38 bits per heavy atom. The molecule has 150 valence electrons. The standard InChI is InChI=1S/C23H25N3O3/c1-15(2)26-22(27)23(3,4)21(25-26)18-10-11-19(28-5)20(12-18)29-14-17-8-6-16(13-24)7-9-17/h6-12,15H,14H2,1-5H3. The fraction of sp³-hybridized carbons (Fsp3) is 0.348. The number of hydrogen-bond acceptors (Lipinski definition) is 5. The van der Waals surface area contributed by atoms with Crippen molar-refractivity contribution in [1.29, 1.82) is 5.26 Å². The van der Waals surface area contributed by atoms with Gasteiger partial charge in [0.05, 0.1) is 29.9 Å². The summed E-state index contributed by atoms with van der Waals surface area (Å²) in [5.41, 5.74) is 2.36. The molecule has 6 heteroatoms. The van der Waals surface area contributed by atoms with Crippen LogP contribution >= 0.6 is 0 Å². The highest BCUT2D eigenvalue weighted by atomic mass is 16.5. The van der Waals surface area contributed by atoms with Gasteiger partial charge in [0.15, 0.2) is 11.5 Å². The summed E-state index contributed by atoms with van der Waals surface area (Å²) in [5.74, 6) is 1.16. The van der Waals surface area contributed by atoms with Gasteiger partial charge < -0.3 is 9.47 Å². The highest BCUT2D eigenvalue weighted by Crippen LogP contribution is 2.36. The van der Waals surface area contributed by atoms with Gasteiger partial charge in [-0.1, -0.05) is 12.1 Å². The van der Waals surface area contributed by atoms with Gasteiger partial charge in [0.25, 0.3) is 5.91 Å². The minimum absolute atomic E-state index is 0.00961. The maximum atomic E-state index is 12.8. The molecule has 0 spiro atoms. The number of methoxy groups -OCH3 is 1. The summed E-state index contributed by atoms with van der Waals surface area (Å²) in [7, 11) is 1.59. The molecule has 0 unspecified atom stereocenters. The van der Waals surface area contributed by atoms with Gasteiger partial charge in [-0.3, -0.25) is 4.79 Å². The van der Waals surface area contributed by atoms with E-state index in [4.69, 9.17) is 14.7 Å². The Morgan fingerprint density at radius 2 is 1.83 bits per heavy atom. The molecule has 2 aromatic carbocycles. The van der Waals surface area contributed by atoms with Gasteiger partial charge in [-0.15, -0.1) is 0 Å². The minimum atomic E-state index is -0.719. The lowest BCUT2D eigenvalue weighted by atomic mass is 9.83. The molecular formula is C23H25N3O3. The summed E-state index contributed by atoms with van der Waals surface area (Å²) in [6, 6.07) is 14.9. The van der Waals surface area contributed by atoms with Crippen molar-refractivity contribution >= 4 is 11.6 Å². The first-order chi connectivity index (χ1) is 13.8. The van der Waals surface area contributed by atoms with E-state index < -0.39 is 5.41 Å². The normalized spacial score (nSPS) is 15.3. The van der Waals surface area contributed by atoms with E-state index in [-0.39, 0.29) is 11.9 Å². The van der Waals surface area contributed by atoms with Gasteiger partial charge in [-0.05, 0) is 63.6 Å². The molecule has 3 rings (SSSR count). The Kier molecular flexibility index (Phi) is 5.60. The monoisotopic (exact) mass is 391 g/mol. The second-order valence-electron chi connectivity index (χ2n) is 7.78. The zero-order valence-corrected chi connectivity index (χ0v) is 17.4. The Labute approximate surface area is 171 Å². The first kappa shape index (κ1) is 20.4. The molecule has 0 saturated carbocycles. The molecule has 2 aromatic rings. The Morgan fingerprint density at radius 1 is 1.14 bits per heavy atom. The summed E-state index contributed by atoms with van der Waals surface area (Å²) in [4.78, 5) is 12.8. The first-order valence-electron chi connectivity index (χ1n) is 9.51. The molecule has 1 aliphatic heterocycles. The zero-order valence-electron chi connectivity index (χ0n) is 17.4. The highest BCUT2D eigenvalue weighted by Gasteiger charge is 2.44. The van der Waals surface area contributed by atoms with Crippen molar-refractivity contribution in [3.8, 4) is 17.6 Å². The van der Waals surface area contributed by atoms with Gasteiger partial charge in [0, 0.05) is 11.6 Å². The lowest BCUT2D eigenvalue weighted by Crippen LogP contribution is -2.37. The summed E-state index contributed by atoms with van der Waals surface area (Å²) in [6.45, 7) is 8.00. The summed E-state index contributed by atoms with van der Waals surface area (Å²) < 4.78 is 11.4. The van der Waals surface area contributed by atoms with E-state index in [1.165, 1.54) is 5.01 Å². The number of nitriles is 1. The van der Waals surface area contributed by atoms with Crippen LogP contribution in [0.3, 0.4) is 0 Å². The molecule has 1 heterocycles. The number of carbonyl (C=O) groups excluding carboxylic acids is 1. The van der Waals surface area contributed by atoms with Crippen LogP contribution in [0.2, 0.25) is 0 Å². The molecule has 0 aromatic heterocycles. The molecule has 0 atom stereocenters. The van der Waals surface area contributed by atoms with Crippen molar-refractivity contribution in [1.82, 2.24) is 5.01 Å². The molecule has 29 heavy (non-hydrogen) atoms. The SMILES string of the molecule is COc1ccc(C2=NN(C(C)C)C(=O)C2(C)C)cc1OCc1ccc(C#N)cc1. The molecule has 0 fully saturated rings. The van der Waals surface area contributed by atoms with E-state index in [9.17, 15) is 4.79 Å². The number of hydrazone groups is 1. The van der Waals surface area contributed by atoms with Crippen molar-refractivity contribution in [3.63, 3.8) is 0 Å². The van der Waals surface area contributed by atoms with Gasteiger partial charge in [0.2, 0.25) is 0 Å². The number of rotatable bonds is 6. The number of ether oxygens (including phenoxy) is 2. The topological polar surface area (TPSA) is 74.9 Å². The van der Waals surface area contributed by atoms with Crippen LogP contribution in [0.25, 0.3) is 0 Å². The van der Waals surface area contributed by atoms with Gasteiger partial charge in [-0.2, -0.15) is 10.4 Å². The van der Waals surface area contributed by atoms with Crippen molar-refractivity contribution in [2.24, 2.45) is 10.5 Å². The van der Waals surface area contributed by atoms with E-state index in [0.29, 0.717) is 29.4 Å². The average molecular weight is 391 g/mol. The third-order valence-corrected chi connectivity index (χ3v) is 4.95. The van der Waals surface area contributed by atoms with E-state index in [2.05, 4.69) is 11.2 Å². The van der Waals surface area contributed by atoms with Crippen LogP contribution in [-0.4, -0.2) is 29.8 Å². The van der Waals surface area contributed by atoms with E-state index in [0.717, 1.165) is 11.1 Å². The lowest BCUT2D eigenvalue weighted by Gasteiger charge is -2.22. The molecule has 0 N–H and O–H groups in total. The van der Waals surface area contributed by atoms with Crippen LogP contribution in [0, 0.1) is 16.7 Å². The van der Waals surface area contributed by atoms with Gasteiger partial charge in [-0.25, -0.2) is 5.01 Å². The van der Waals surface area contributed by atoms with Gasteiger partial charge >= 0.3 is 0 Å². The molecule has 0 bridgehead atoms. The number of carbonyl (C=O) groups is 1. The summed E-state index contributed by atoms with van der Waals surface area (Å²) in [6.07, 6.45) is 0. The minimum Gasteiger partial charge on any atom is -0.493 e. The predicted octanol–water partition coefficient (Wildman–Crippen LogP) is 4.13. The molecule has 1 aliphatic rings. The Bertz CT molecular complexity index is 985. The third-order valence-electron chi connectivity index (χ3n) is 4.95. The number of nitrogens with zero attached hydrogens (tertiary/aromatic N) is 3. The van der Waals surface area contributed by atoms with Crippen molar-refractivity contribution in [2.75, 3.05) is 7.11 Å². The smallest absolute Gasteiger partial charge is 0.254 e. The first-order valence-corrected chi connectivity index (χ1v) is 9.51. The van der Waals surface area contributed by atoms with Gasteiger partial charge in [0.1, 0.15) is 6.61 Å². The second-order valence-corrected chi connectivity index (χ2v) is 7.78. The lowest BCUT2D eigenvalue weighted by molar-refractivity contribution is -0.136.